The molecular formula is C38H28O4. The number of benzene rings is 6. The van der Waals surface area contributed by atoms with Crippen molar-refractivity contribution in [2.75, 3.05) is 0 Å². The summed E-state index contributed by atoms with van der Waals surface area (Å²) in [5.74, 6) is 2.55. The van der Waals surface area contributed by atoms with Crippen LogP contribution in [-0.2, 0) is 0 Å². The number of aryl methyl sites for hydroxylation is 2. The summed E-state index contributed by atoms with van der Waals surface area (Å²) in [6.07, 6.45) is 0. The first kappa shape index (κ1) is 26.7. The molecule has 0 aliphatic carbocycles. The highest BCUT2D eigenvalue weighted by Gasteiger charge is 2.13. The minimum Gasteiger partial charge on any atom is -0.457 e. The van der Waals surface area contributed by atoms with Gasteiger partial charge < -0.3 is 9.47 Å². The molecular weight excluding hydrogens is 520 g/mol. The van der Waals surface area contributed by atoms with Crippen LogP contribution in [0, 0.1) is 13.8 Å². The summed E-state index contributed by atoms with van der Waals surface area (Å²) < 4.78 is 12.5. The van der Waals surface area contributed by atoms with E-state index in [0.29, 0.717) is 45.3 Å². The zero-order valence-corrected chi connectivity index (χ0v) is 23.3. The molecule has 0 unspecified atom stereocenters. The zero-order chi connectivity index (χ0) is 29.1. The maximum absolute atomic E-state index is 12.8. The number of fused-ring (bicyclic) bond motifs is 1. The van der Waals surface area contributed by atoms with Gasteiger partial charge >= 0.3 is 0 Å². The highest BCUT2D eigenvalue weighted by molar-refractivity contribution is 6.09. The van der Waals surface area contributed by atoms with Crippen LogP contribution in [-0.4, -0.2) is 11.6 Å². The van der Waals surface area contributed by atoms with Crippen LogP contribution in [0.4, 0.5) is 0 Å². The van der Waals surface area contributed by atoms with Gasteiger partial charge in [0.1, 0.15) is 23.0 Å². The molecule has 0 N–H and O–H groups in total. The van der Waals surface area contributed by atoms with Gasteiger partial charge in [-0.3, -0.25) is 9.59 Å². The van der Waals surface area contributed by atoms with Gasteiger partial charge in [0.2, 0.25) is 0 Å². The summed E-state index contributed by atoms with van der Waals surface area (Å²) >= 11 is 0. The monoisotopic (exact) mass is 548 g/mol. The molecule has 6 aromatic rings. The quantitative estimate of drug-likeness (QED) is 0.178. The second kappa shape index (κ2) is 11.6. The van der Waals surface area contributed by atoms with Gasteiger partial charge in [-0.15, -0.1) is 0 Å². The number of carbonyl (C=O) groups is 2. The largest absolute Gasteiger partial charge is 0.457 e. The molecule has 0 aliphatic heterocycles. The fourth-order valence-corrected chi connectivity index (χ4v) is 4.78. The van der Waals surface area contributed by atoms with Crippen LogP contribution in [0.2, 0.25) is 0 Å². The van der Waals surface area contributed by atoms with E-state index in [1.807, 2.05) is 98.8 Å². The highest BCUT2D eigenvalue weighted by Crippen LogP contribution is 2.36. The van der Waals surface area contributed by atoms with Crippen LogP contribution in [0.25, 0.3) is 10.8 Å². The lowest BCUT2D eigenvalue weighted by Crippen LogP contribution is -2.01. The standard InChI is InChI=1S/C38H28O4/c1-25-9-13-27(14-10-25)37(39)29-17-21-31(22-18-29)41-35-7-3-6-34-33(35)5-4-8-36(34)42-32-23-19-30(20-24-32)38(40)28-15-11-26(2)12-16-28/h3-24H,1-2H3. The van der Waals surface area contributed by atoms with Crippen LogP contribution in [0.1, 0.15) is 43.0 Å². The van der Waals surface area contributed by atoms with Crippen LogP contribution in [0.5, 0.6) is 23.0 Å². The third-order valence-corrected chi connectivity index (χ3v) is 7.16. The van der Waals surface area contributed by atoms with E-state index in [1.165, 1.54) is 0 Å². The van der Waals surface area contributed by atoms with Crippen molar-refractivity contribution in [2.24, 2.45) is 0 Å². The van der Waals surface area contributed by atoms with Gasteiger partial charge in [0.15, 0.2) is 11.6 Å². The van der Waals surface area contributed by atoms with E-state index in [-0.39, 0.29) is 11.6 Å². The van der Waals surface area contributed by atoms with E-state index in [2.05, 4.69) is 0 Å². The molecule has 0 aromatic heterocycles. The molecule has 6 rings (SSSR count). The summed E-state index contributed by atoms with van der Waals surface area (Å²) in [7, 11) is 0. The molecule has 0 amide bonds. The summed E-state index contributed by atoms with van der Waals surface area (Å²) in [5.41, 5.74) is 4.74. The number of rotatable bonds is 8. The predicted molar refractivity (Wildman–Crippen MR) is 166 cm³/mol. The Morgan fingerprint density at radius 2 is 0.714 bits per heavy atom. The van der Waals surface area contributed by atoms with Crippen LogP contribution >= 0.6 is 0 Å². The van der Waals surface area contributed by atoms with Gasteiger partial charge in [-0.2, -0.15) is 0 Å². The van der Waals surface area contributed by atoms with Crippen molar-refractivity contribution in [1.29, 1.82) is 0 Å². The van der Waals surface area contributed by atoms with Gasteiger partial charge in [-0.1, -0.05) is 83.9 Å². The highest BCUT2D eigenvalue weighted by atomic mass is 16.5. The van der Waals surface area contributed by atoms with Crippen molar-refractivity contribution < 1.29 is 19.1 Å². The number of hydrogen-bond acceptors (Lipinski definition) is 4. The van der Waals surface area contributed by atoms with E-state index in [0.717, 1.165) is 21.9 Å². The van der Waals surface area contributed by atoms with Gasteiger partial charge in [0.25, 0.3) is 0 Å². The molecule has 6 aromatic carbocycles. The molecule has 0 aliphatic rings. The number of hydrogen-bond donors (Lipinski definition) is 0. The minimum atomic E-state index is -0.0268. The Morgan fingerprint density at radius 3 is 1.05 bits per heavy atom. The summed E-state index contributed by atoms with van der Waals surface area (Å²) in [6, 6.07) is 41.1. The van der Waals surface area contributed by atoms with Gasteiger partial charge in [0, 0.05) is 33.0 Å². The molecule has 0 spiro atoms. The molecule has 0 atom stereocenters. The van der Waals surface area contributed by atoms with E-state index < -0.39 is 0 Å². The van der Waals surface area contributed by atoms with Crippen LogP contribution in [0.15, 0.2) is 133 Å². The summed E-state index contributed by atoms with van der Waals surface area (Å²) in [6.45, 7) is 3.99. The maximum atomic E-state index is 12.8. The Kier molecular flexibility index (Phi) is 7.35. The molecule has 0 radical (unpaired) electrons. The molecule has 42 heavy (non-hydrogen) atoms. The summed E-state index contributed by atoms with van der Waals surface area (Å²) in [5, 5.41) is 1.78. The minimum absolute atomic E-state index is 0.0268. The maximum Gasteiger partial charge on any atom is 0.193 e. The molecule has 4 heteroatoms. The Bertz CT molecular complexity index is 1740. The van der Waals surface area contributed by atoms with E-state index in [1.54, 1.807) is 48.5 Å². The van der Waals surface area contributed by atoms with E-state index in [4.69, 9.17) is 9.47 Å². The van der Waals surface area contributed by atoms with Gasteiger partial charge in [-0.05, 0) is 74.5 Å². The lowest BCUT2D eigenvalue weighted by Gasteiger charge is -2.13. The summed E-state index contributed by atoms with van der Waals surface area (Å²) in [4.78, 5) is 25.7. The topological polar surface area (TPSA) is 52.6 Å². The van der Waals surface area contributed by atoms with Gasteiger partial charge in [-0.25, -0.2) is 0 Å². The molecule has 0 fully saturated rings. The molecule has 0 saturated carbocycles. The fourth-order valence-electron chi connectivity index (χ4n) is 4.78. The van der Waals surface area contributed by atoms with Crippen LogP contribution in [0.3, 0.4) is 0 Å². The average molecular weight is 549 g/mol. The van der Waals surface area contributed by atoms with Crippen molar-refractivity contribution in [1.82, 2.24) is 0 Å². The molecule has 0 saturated heterocycles. The smallest absolute Gasteiger partial charge is 0.193 e. The second-order valence-electron chi connectivity index (χ2n) is 10.3. The average Bonchev–Trinajstić information content (AvgIpc) is 3.02. The van der Waals surface area contributed by atoms with Crippen molar-refractivity contribution >= 4 is 22.3 Å². The Hall–Kier alpha value is -5.48. The first-order valence-electron chi connectivity index (χ1n) is 13.7. The SMILES string of the molecule is Cc1ccc(C(=O)c2ccc(Oc3cccc4c(Oc5ccc(C(=O)c6ccc(C)cc6)cc5)cccc34)cc2)cc1. The number of ether oxygens (including phenoxy) is 2. The van der Waals surface area contributed by atoms with Gasteiger partial charge in [0.05, 0.1) is 0 Å². The normalized spacial score (nSPS) is 10.8. The van der Waals surface area contributed by atoms with E-state index >= 15 is 0 Å². The first-order valence-corrected chi connectivity index (χ1v) is 13.7. The number of ketones is 2. The molecule has 4 nitrogen and oxygen atoms in total. The lowest BCUT2D eigenvalue weighted by atomic mass is 10.0. The van der Waals surface area contributed by atoms with Crippen molar-refractivity contribution in [3.63, 3.8) is 0 Å². The second-order valence-corrected chi connectivity index (χ2v) is 10.3. The zero-order valence-electron chi connectivity index (χ0n) is 23.3. The van der Waals surface area contributed by atoms with E-state index in [9.17, 15) is 9.59 Å². The fraction of sp³-hybridized carbons (Fsp3) is 0.0526. The molecule has 0 bridgehead atoms. The van der Waals surface area contributed by atoms with Crippen molar-refractivity contribution in [3.05, 3.63) is 167 Å². The first-order chi connectivity index (χ1) is 20.4. The Labute approximate surface area is 244 Å². The number of carbonyl (C=O) groups excluding carboxylic acids is 2. The third-order valence-electron chi connectivity index (χ3n) is 7.16. The van der Waals surface area contributed by atoms with Crippen molar-refractivity contribution in [3.8, 4) is 23.0 Å². The molecule has 204 valence electrons. The predicted octanol–water partition coefficient (Wildman–Crippen LogP) is 9.50. The Morgan fingerprint density at radius 1 is 0.405 bits per heavy atom. The Balaban J connectivity index is 1.19. The third kappa shape index (κ3) is 5.70. The lowest BCUT2D eigenvalue weighted by molar-refractivity contribution is 0.103. The van der Waals surface area contributed by atoms with Crippen LogP contribution < -0.4 is 9.47 Å². The van der Waals surface area contributed by atoms with Crippen molar-refractivity contribution in [2.45, 2.75) is 13.8 Å². The molecule has 0 heterocycles.